The Bertz CT molecular complexity index is 698. The van der Waals surface area contributed by atoms with Gasteiger partial charge in [-0.15, -0.1) is 0 Å². The number of carbonyl (C=O) groups excluding carboxylic acids is 1. The van der Waals surface area contributed by atoms with E-state index < -0.39 is 0 Å². The summed E-state index contributed by atoms with van der Waals surface area (Å²) in [6, 6.07) is 11.0. The van der Waals surface area contributed by atoms with Crippen molar-refractivity contribution in [2.45, 2.75) is 19.9 Å². The summed E-state index contributed by atoms with van der Waals surface area (Å²) in [7, 11) is 3.06. The van der Waals surface area contributed by atoms with Crippen molar-refractivity contribution in [1.82, 2.24) is 5.32 Å². The van der Waals surface area contributed by atoms with Crippen LogP contribution in [0, 0.1) is 11.7 Å². The highest BCUT2D eigenvalue weighted by molar-refractivity contribution is 5.97. The Hall–Kier alpha value is -2.56. The van der Waals surface area contributed by atoms with Gasteiger partial charge in [-0.25, -0.2) is 4.39 Å². The average molecular weight is 331 g/mol. The van der Waals surface area contributed by atoms with Gasteiger partial charge in [-0.1, -0.05) is 26.0 Å². The third kappa shape index (κ3) is 4.04. The first-order valence-electron chi connectivity index (χ1n) is 7.74. The van der Waals surface area contributed by atoms with E-state index in [4.69, 9.17) is 9.47 Å². The molecule has 4 nitrogen and oxygen atoms in total. The summed E-state index contributed by atoms with van der Waals surface area (Å²) in [6.07, 6.45) is 0. The summed E-state index contributed by atoms with van der Waals surface area (Å²) < 4.78 is 23.6. The maximum absolute atomic E-state index is 13.1. The van der Waals surface area contributed by atoms with Crippen LogP contribution in [0.1, 0.15) is 35.8 Å². The van der Waals surface area contributed by atoms with Gasteiger partial charge in [0.1, 0.15) is 17.3 Å². The molecule has 1 unspecified atom stereocenters. The Kier molecular flexibility index (Phi) is 5.79. The molecule has 0 fully saturated rings. The summed E-state index contributed by atoms with van der Waals surface area (Å²) >= 11 is 0. The molecule has 1 N–H and O–H groups in total. The highest BCUT2D eigenvalue weighted by Gasteiger charge is 2.21. The molecule has 0 spiro atoms. The maximum atomic E-state index is 13.1. The number of hydrogen-bond acceptors (Lipinski definition) is 3. The smallest absolute Gasteiger partial charge is 0.255 e. The lowest BCUT2D eigenvalue weighted by Gasteiger charge is -2.23. The molecule has 0 heterocycles. The van der Waals surface area contributed by atoms with Crippen LogP contribution in [0.15, 0.2) is 42.5 Å². The zero-order valence-electron chi connectivity index (χ0n) is 14.3. The van der Waals surface area contributed by atoms with E-state index in [9.17, 15) is 9.18 Å². The first-order valence-corrected chi connectivity index (χ1v) is 7.74. The number of nitrogens with one attached hydrogen (secondary N) is 1. The average Bonchev–Trinajstić information content (AvgIpc) is 2.59. The molecule has 1 atom stereocenters. The largest absolute Gasteiger partial charge is 0.497 e. The van der Waals surface area contributed by atoms with E-state index in [-0.39, 0.29) is 23.7 Å². The highest BCUT2D eigenvalue weighted by Crippen LogP contribution is 2.27. The van der Waals surface area contributed by atoms with Crippen molar-refractivity contribution in [1.29, 1.82) is 0 Å². The van der Waals surface area contributed by atoms with Gasteiger partial charge in [0.15, 0.2) is 0 Å². The fraction of sp³-hybridized carbons (Fsp3) is 0.316. The lowest BCUT2D eigenvalue weighted by atomic mass is 9.95. The van der Waals surface area contributed by atoms with E-state index in [0.717, 1.165) is 5.56 Å². The van der Waals surface area contributed by atoms with E-state index in [1.807, 2.05) is 13.8 Å². The number of halogens is 1. The van der Waals surface area contributed by atoms with Gasteiger partial charge in [0.25, 0.3) is 5.91 Å². The van der Waals surface area contributed by atoms with Crippen molar-refractivity contribution in [2.24, 2.45) is 5.92 Å². The number of methoxy groups -OCH3 is 2. The molecule has 0 aliphatic rings. The molecule has 2 aromatic carbocycles. The van der Waals surface area contributed by atoms with E-state index in [1.54, 1.807) is 37.4 Å². The van der Waals surface area contributed by atoms with Crippen LogP contribution < -0.4 is 14.8 Å². The minimum absolute atomic E-state index is 0.142. The zero-order chi connectivity index (χ0) is 17.7. The van der Waals surface area contributed by atoms with Gasteiger partial charge in [0.05, 0.1) is 25.8 Å². The third-order valence-corrected chi connectivity index (χ3v) is 3.84. The molecule has 2 rings (SSSR count). The van der Waals surface area contributed by atoms with Crippen LogP contribution in [0.5, 0.6) is 11.5 Å². The SMILES string of the molecule is COc1ccc(C(=O)NC(c2ccc(F)cc2)C(C)C)c(OC)c1. The van der Waals surface area contributed by atoms with E-state index in [2.05, 4.69) is 5.32 Å². The molecule has 5 heteroatoms. The third-order valence-electron chi connectivity index (χ3n) is 3.84. The van der Waals surface area contributed by atoms with Crippen molar-refractivity contribution in [3.63, 3.8) is 0 Å². The molecule has 0 saturated carbocycles. The van der Waals surface area contributed by atoms with Crippen LogP contribution in [0.2, 0.25) is 0 Å². The summed E-state index contributed by atoms with van der Waals surface area (Å²) in [4.78, 5) is 12.7. The van der Waals surface area contributed by atoms with Crippen LogP contribution in [-0.4, -0.2) is 20.1 Å². The predicted molar refractivity (Wildman–Crippen MR) is 91.0 cm³/mol. The van der Waals surface area contributed by atoms with Gasteiger partial charge >= 0.3 is 0 Å². The number of ether oxygens (including phenoxy) is 2. The molecule has 0 bridgehead atoms. The number of carbonyl (C=O) groups is 1. The number of benzene rings is 2. The Balaban J connectivity index is 2.27. The lowest BCUT2D eigenvalue weighted by Crippen LogP contribution is -2.32. The van der Waals surface area contributed by atoms with Crippen molar-refractivity contribution in [2.75, 3.05) is 14.2 Å². The van der Waals surface area contributed by atoms with Crippen LogP contribution >= 0.6 is 0 Å². The minimum Gasteiger partial charge on any atom is -0.497 e. The van der Waals surface area contributed by atoms with Gasteiger partial charge in [-0.3, -0.25) is 4.79 Å². The summed E-state index contributed by atoms with van der Waals surface area (Å²) in [6.45, 7) is 4.00. The molecule has 0 aliphatic carbocycles. The van der Waals surface area contributed by atoms with Gasteiger partial charge in [-0.05, 0) is 35.7 Å². The quantitative estimate of drug-likeness (QED) is 0.871. The molecule has 24 heavy (non-hydrogen) atoms. The van der Waals surface area contributed by atoms with E-state index in [0.29, 0.717) is 17.1 Å². The van der Waals surface area contributed by atoms with Crippen LogP contribution in [0.4, 0.5) is 4.39 Å². The normalized spacial score (nSPS) is 11.9. The summed E-state index contributed by atoms with van der Waals surface area (Å²) in [5.41, 5.74) is 1.28. The van der Waals surface area contributed by atoms with E-state index >= 15 is 0 Å². The molecule has 0 aliphatic heterocycles. The van der Waals surface area contributed by atoms with Crippen molar-refractivity contribution in [3.05, 3.63) is 59.4 Å². The fourth-order valence-corrected chi connectivity index (χ4v) is 2.51. The molecular weight excluding hydrogens is 309 g/mol. The van der Waals surface area contributed by atoms with Gasteiger partial charge in [-0.2, -0.15) is 0 Å². The number of amides is 1. The molecule has 0 saturated heterocycles. The first kappa shape index (κ1) is 17.8. The Morgan fingerprint density at radius 1 is 1.04 bits per heavy atom. The van der Waals surface area contributed by atoms with Gasteiger partial charge in [0.2, 0.25) is 0 Å². The zero-order valence-corrected chi connectivity index (χ0v) is 14.3. The van der Waals surface area contributed by atoms with Crippen LogP contribution in [-0.2, 0) is 0 Å². The van der Waals surface area contributed by atoms with Crippen molar-refractivity contribution >= 4 is 5.91 Å². The Morgan fingerprint density at radius 2 is 1.71 bits per heavy atom. The fourth-order valence-electron chi connectivity index (χ4n) is 2.51. The molecule has 0 radical (unpaired) electrons. The standard InChI is InChI=1S/C19H22FNO3/c1-12(2)18(13-5-7-14(20)8-6-13)21-19(22)16-10-9-15(23-3)11-17(16)24-4/h5-12,18H,1-4H3,(H,21,22). The summed E-state index contributed by atoms with van der Waals surface area (Å²) in [5, 5.41) is 3.00. The summed E-state index contributed by atoms with van der Waals surface area (Å²) in [5.74, 6) is 0.640. The number of rotatable bonds is 6. The van der Waals surface area contributed by atoms with Crippen molar-refractivity contribution in [3.8, 4) is 11.5 Å². The Morgan fingerprint density at radius 3 is 2.25 bits per heavy atom. The molecule has 2 aromatic rings. The van der Waals surface area contributed by atoms with Crippen molar-refractivity contribution < 1.29 is 18.7 Å². The van der Waals surface area contributed by atoms with Crippen LogP contribution in [0.3, 0.4) is 0 Å². The highest BCUT2D eigenvalue weighted by atomic mass is 19.1. The first-order chi connectivity index (χ1) is 11.5. The second-order valence-electron chi connectivity index (χ2n) is 5.81. The van der Waals surface area contributed by atoms with Gasteiger partial charge < -0.3 is 14.8 Å². The molecular formula is C19H22FNO3. The lowest BCUT2D eigenvalue weighted by molar-refractivity contribution is 0.0922. The van der Waals surface area contributed by atoms with E-state index in [1.165, 1.54) is 19.2 Å². The number of hydrogen-bond donors (Lipinski definition) is 1. The maximum Gasteiger partial charge on any atom is 0.255 e. The molecule has 1 amide bonds. The Labute approximate surface area is 141 Å². The second kappa shape index (κ2) is 7.81. The van der Waals surface area contributed by atoms with Crippen LogP contribution in [0.25, 0.3) is 0 Å². The monoisotopic (exact) mass is 331 g/mol. The predicted octanol–water partition coefficient (Wildman–Crippen LogP) is 3.97. The van der Waals surface area contributed by atoms with Gasteiger partial charge in [0, 0.05) is 6.07 Å². The minimum atomic E-state index is -0.301. The second-order valence-corrected chi connectivity index (χ2v) is 5.81. The molecule has 0 aromatic heterocycles. The topological polar surface area (TPSA) is 47.6 Å². The molecule has 128 valence electrons.